The topological polar surface area (TPSA) is 59.1 Å². The fourth-order valence-corrected chi connectivity index (χ4v) is 6.53. The Morgan fingerprint density at radius 3 is 2.50 bits per heavy atom. The molecule has 1 fully saturated rings. The summed E-state index contributed by atoms with van der Waals surface area (Å²) in [7, 11) is -0.483. The Balaban J connectivity index is 1.43. The zero-order valence-corrected chi connectivity index (χ0v) is 17.9. The highest BCUT2D eigenvalue weighted by Crippen LogP contribution is 2.33. The molecule has 0 N–H and O–H groups in total. The molecule has 0 aliphatic carbocycles. The van der Waals surface area contributed by atoms with Crippen LogP contribution in [0.2, 0.25) is 0 Å². The van der Waals surface area contributed by atoms with Crippen molar-refractivity contribution in [1.29, 1.82) is 0 Å². The number of hydrogen-bond donors (Lipinski definition) is 0. The van der Waals surface area contributed by atoms with Gasteiger partial charge in [0.05, 0.1) is 19.1 Å². The van der Waals surface area contributed by atoms with E-state index in [0.717, 1.165) is 32.4 Å². The van der Waals surface area contributed by atoms with E-state index in [1.165, 1.54) is 24.7 Å². The largest absolute Gasteiger partial charge is 0.493 e. The molecule has 2 aliphatic heterocycles. The van der Waals surface area contributed by atoms with Crippen molar-refractivity contribution in [3.8, 4) is 11.5 Å². The minimum absolute atomic E-state index is 0.254. The molecule has 0 saturated carbocycles. The van der Waals surface area contributed by atoms with Crippen LogP contribution < -0.4 is 9.47 Å². The molecule has 1 saturated heterocycles. The normalized spacial score (nSPS) is 19.4. The standard InChI is InChI=1S/C20H26N2O4S2/c1-25-18-4-3-17(13-19(18)26-2)28(23,24)22-10-5-16(6-11-22)21-9-7-20-15(14-21)8-12-27-20/h3-4,8,12-13,16H,5-7,9-11,14H2,1-2H3. The average Bonchev–Trinajstić information content (AvgIpc) is 3.21. The molecule has 1 aromatic heterocycles. The van der Waals surface area contributed by atoms with Crippen molar-refractivity contribution in [2.75, 3.05) is 33.9 Å². The fourth-order valence-electron chi connectivity index (χ4n) is 4.16. The minimum atomic E-state index is -3.53. The highest BCUT2D eigenvalue weighted by molar-refractivity contribution is 7.89. The molecular weight excluding hydrogens is 396 g/mol. The molecule has 0 spiro atoms. The molecule has 0 radical (unpaired) electrons. The second-order valence-corrected chi connectivity index (χ2v) is 10.2. The van der Waals surface area contributed by atoms with E-state index in [1.807, 2.05) is 11.3 Å². The Bertz CT molecular complexity index is 933. The van der Waals surface area contributed by atoms with Crippen LogP contribution in [0.1, 0.15) is 23.3 Å². The van der Waals surface area contributed by atoms with Crippen molar-refractivity contribution in [3.05, 3.63) is 40.1 Å². The second kappa shape index (κ2) is 8.02. The third-order valence-corrected chi connectivity index (χ3v) is 8.69. The lowest BCUT2D eigenvalue weighted by atomic mass is 10.0. The van der Waals surface area contributed by atoms with Gasteiger partial charge in [0, 0.05) is 43.2 Å². The molecule has 3 heterocycles. The van der Waals surface area contributed by atoms with Gasteiger partial charge in [-0.15, -0.1) is 11.3 Å². The maximum Gasteiger partial charge on any atom is 0.243 e. The SMILES string of the molecule is COc1ccc(S(=O)(=O)N2CCC(N3CCc4sccc4C3)CC2)cc1OC. The average molecular weight is 423 g/mol. The van der Waals surface area contributed by atoms with Crippen LogP contribution in [0.5, 0.6) is 11.5 Å². The molecule has 4 rings (SSSR count). The van der Waals surface area contributed by atoms with Crippen LogP contribution in [-0.2, 0) is 23.0 Å². The molecule has 0 atom stereocenters. The highest BCUT2D eigenvalue weighted by atomic mass is 32.2. The summed E-state index contributed by atoms with van der Waals surface area (Å²) < 4.78 is 38.2. The quantitative estimate of drug-likeness (QED) is 0.741. The monoisotopic (exact) mass is 422 g/mol. The summed E-state index contributed by atoms with van der Waals surface area (Å²) in [6.45, 7) is 3.16. The van der Waals surface area contributed by atoms with Crippen LogP contribution in [0.15, 0.2) is 34.5 Å². The van der Waals surface area contributed by atoms with Gasteiger partial charge >= 0.3 is 0 Å². The number of fused-ring (bicyclic) bond motifs is 1. The summed E-state index contributed by atoms with van der Waals surface area (Å²) in [5, 5.41) is 2.17. The number of thiophene rings is 1. The van der Waals surface area contributed by atoms with E-state index in [-0.39, 0.29) is 4.90 Å². The fraction of sp³-hybridized carbons (Fsp3) is 0.500. The number of methoxy groups -OCH3 is 2. The number of piperidine rings is 1. The lowest BCUT2D eigenvalue weighted by Gasteiger charge is -2.39. The van der Waals surface area contributed by atoms with E-state index in [4.69, 9.17) is 9.47 Å². The van der Waals surface area contributed by atoms with Gasteiger partial charge < -0.3 is 9.47 Å². The van der Waals surface area contributed by atoms with E-state index in [2.05, 4.69) is 16.3 Å². The molecule has 152 valence electrons. The first-order valence-corrected chi connectivity index (χ1v) is 11.9. The molecule has 6 nitrogen and oxygen atoms in total. The van der Waals surface area contributed by atoms with Crippen LogP contribution in [0, 0.1) is 0 Å². The predicted octanol–water partition coefficient (Wildman–Crippen LogP) is 2.98. The summed E-state index contributed by atoms with van der Waals surface area (Å²) in [5.41, 5.74) is 1.44. The Morgan fingerprint density at radius 1 is 1.04 bits per heavy atom. The van der Waals surface area contributed by atoms with E-state index in [1.54, 1.807) is 22.5 Å². The van der Waals surface area contributed by atoms with Crippen molar-refractivity contribution in [3.63, 3.8) is 0 Å². The maximum absolute atomic E-state index is 13.1. The van der Waals surface area contributed by atoms with Crippen molar-refractivity contribution in [1.82, 2.24) is 9.21 Å². The molecule has 28 heavy (non-hydrogen) atoms. The molecule has 0 bridgehead atoms. The van der Waals surface area contributed by atoms with Gasteiger partial charge in [0.25, 0.3) is 0 Å². The molecule has 2 aromatic rings. The van der Waals surface area contributed by atoms with Crippen molar-refractivity contribution < 1.29 is 17.9 Å². The van der Waals surface area contributed by atoms with Gasteiger partial charge in [-0.2, -0.15) is 4.31 Å². The van der Waals surface area contributed by atoms with E-state index in [0.29, 0.717) is 30.6 Å². The number of benzene rings is 1. The molecule has 2 aliphatic rings. The summed E-state index contributed by atoms with van der Waals surface area (Å²) in [4.78, 5) is 4.28. The van der Waals surface area contributed by atoms with E-state index < -0.39 is 10.0 Å². The molecule has 1 aromatic carbocycles. The number of hydrogen-bond acceptors (Lipinski definition) is 6. The highest BCUT2D eigenvalue weighted by Gasteiger charge is 2.33. The number of rotatable bonds is 5. The second-order valence-electron chi connectivity index (χ2n) is 7.24. The predicted molar refractivity (Wildman–Crippen MR) is 110 cm³/mol. The number of ether oxygens (including phenoxy) is 2. The number of nitrogens with zero attached hydrogens (tertiary/aromatic N) is 2. The molecule has 8 heteroatoms. The summed E-state index contributed by atoms with van der Waals surface area (Å²) in [5.74, 6) is 0.955. The smallest absolute Gasteiger partial charge is 0.243 e. The third kappa shape index (κ3) is 3.66. The van der Waals surface area contributed by atoms with E-state index >= 15 is 0 Å². The van der Waals surface area contributed by atoms with Gasteiger partial charge in [-0.1, -0.05) is 0 Å². The number of sulfonamides is 1. The summed E-state index contributed by atoms with van der Waals surface area (Å²) >= 11 is 1.85. The Morgan fingerprint density at radius 2 is 1.79 bits per heavy atom. The van der Waals surface area contributed by atoms with Crippen LogP contribution in [-0.4, -0.2) is 57.5 Å². The van der Waals surface area contributed by atoms with Crippen LogP contribution in [0.4, 0.5) is 0 Å². The maximum atomic E-state index is 13.1. The first-order valence-electron chi connectivity index (χ1n) is 9.54. The zero-order valence-electron chi connectivity index (χ0n) is 16.3. The van der Waals surface area contributed by atoms with Gasteiger partial charge in [0.1, 0.15) is 0 Å². The summed E-state index contributed by atoms with van der Waals surface area (Å²) in [6.07, 6.45) is 2.84. The Labute approximate surface area is 170 Å². The summed E-state index contributed by atoms with van der Waals surface area (Å²) in [6, 6.07) is 7.45. The third-order valence-electron chi connectivity index (χ3n) is 5.77. The first-order chi connectivity index (χ1) is 13.5. The van der Waals surface area contributed by atoms with Crippen LogP contribution in [0.3, 0.4) is 0 Å². The minimum Gasteiger partial charge on any atom is -0.493 e. The van der Waals surface area contributed by atoms with Gasteiger partial charge in [0.15, 0.2) is 11.5 Å². The van der Waals surface area contributed by atoms with Gasteiger partial charge in [-0.25, -0.2) is 8.42 Å². The van der Waals surface area contributed by atoms with Crippen molar-refractivity contribution >= 4 is 21.4 Å². The van der Waals surface area contributed by atoms with Crippen LogP contribution in [0.25, 0.3) is 0 Å². The lowest BCUT2D eigenvalue weighted by Crippen LogP contribution is -2.47. The van der Waals surface area contributed by atoms with Gasteiger partial charge in [-0.05, 0) is 48.4 Å². The van der Waals surface area contributed by atoms with Crippen LogP contribution >= 0.6 is 11.3 Å². The lowest BCUT2D eigenvalue weighted by molar-refractivity contribution is 0.127. The Hall–Kier alpha value is -1.61. The van der Waals surface area contributed by atoms with Crippen molar-refractivity contribution in [2.45, 2.75) is 36.7 Å². The zero-order chi connectivity index (χ0) is 19.7. The molecular formula is C20H26N2O4S2. The van der Waals surface area contributed by atoms with E-state index in [9.17, 15) is 8.42 Å². The van der Waals surface area contributed by atoms with Crippen molar-refractivity contribution in [2.24, 2.45) is 0 Å². The first kappa shape index (κ1) is 19.7. The Kier molecular flexibility index (Phi) is 5.64. The van der Waals surface area contributed by atoms with Gasteiger partial charge in [-0.3, -0.25) is 4.90 Å². The molecule has 0 unspecified atom stereocenters. The van der Waals surface area contributed by atoms with Gasteiger partial charge in [0.2, 0.25) is 10.0 Å². The molecule has 0 amide bonds.